The number of thioether (sulfide) groups is 1. The largest absolute Gasteiger partial charge is 0.502 e. The minimum Gasteiger partial charge on any atom is -0.502 e. The highest BCUT2D eigenvalue weighted by Gasteiger charge is 2.44. The highest BCUT2D eigenvalue weighted by Crippen LogP contribution is 2.50. The van der Waals surface area contributed by atoms with Crippen molar-refractivity contribution in [3.63, 3.8) is 0 Å². The van der Waals surface area contributed by atoms with E-state index in [0.29, 0.717) is 12.0 Å². The summed E-state index contributed by atoms with van der Waals surface area (Å²) in [6, 6.07) is 9.17. The predicted molar refractivity (Wildman–Crippen MR) is 132 cm³/mol. The number of halogens is 2. The molecule has 1 fully saturated rings. The zero-order valence-corrected chi connectivity index (χ0v) is 20.5. The number of carbonyl (C=O) groups excluding carboxylic acids is 1. The molecule has 0 unspecified atom stereocenters. The van der Waals surface area contributed by atoms with E-state index in [-0.39, 0.29) is 42.0 Å². The summed E-state index contributed by atoms with van der Waals surface area (Å²) in [4.78, 5) is 28.5. The lowest BCUT2D eigenvalue weighted by molar-refractivity contribution is 0.0738. The molecule has 2 atom stereocenters. The zero-order chi connectivity index (χ0) is 25.6. The number of rotatable bonds is 0. The summed E-state index contributed by atoms with van der Waals surface area (Å²) in [5, 5.41) is 12.6. The maximum atomic E-state index is 15.4. The van der Waals surface area contributed by atoms with E-state index in [0.717, 1.165) is 27.8 Å². The van der Waals surface area contributed by atoms with Crippen LogP contribution in [0.3, 0.4) is 0 Å². The van der Waals surface area contributed by atoms with E-state index in [2.05, 4.69) is 0 Å². The molecule has 7 nitrogen and oxygen atoms in total. The molecule has 3 aromatic rings. The molecule has 4 aliphatic rings. The van der Waals surface area contributed by atoms with Crippen LogP contribution in [0.1, 0.15) is 46.6 Å². The average Bonchev–Trinajstić information content (AvgIpc) is 3.69. The van der Waals surface area contributed by atoms with Gasteiger partial charge in [-0.1, -0.05) is 18.2 Å². The summed E-state index contributed by atoms with van der Waals surface area (Å²) >= 11 is 1.40. The summed E-state index contributed by atoms with van der Waals surface area (Å²) in [5.74, 6) is -2.59. The first-order valence-corrected chi connectivity index (χ1v) is 12.9. The van der Waals surface area contributed by atoms with Crippen LogP contribution in [0.2, 0.25) is 0 Å². The summed E-state index contributed by atoms with van der Waals surface area (Å²) in [6.07, 6.45) is 2.15. The first kappa shape index (κ1) is 22.4. The molecule has 4 heterocycles. The van der Waals surface area contributed by atoms with Crippen LogP contribution in [0, 0.1) is 17.6 Å². The average molecular weight is 522 g/mol. The maximum absolute atomic E-state index is 15.4. The van der Waals surface area contributed by atoms with Crippen LogP contribution in [0.25, 0.3) is 0 Å². The van der Waals surface area contributed by atoms with Gasteiger partial charge in [0.05, 0.1) is 6.61 Å². The van der Waals surface area contributed by atoms with Gasteiger partial charge in [0.25, 0.3) is 5.91 Å². The highest BCUT2D eigenvalue weighted by molar-refractivity contribution is 7.98. The van der Waals surface area contributed by atoms with E-state index in [1.165, 1.54) is 28.7 Å². The quantitative estimate of drug-likeness (QED) is 0.477. The van der Waals surface area contributed by atoms with Gasteiger partial charge >= 0.3 is 0 Å². The van der Waals surface area contributed by atoms with Crippen LogP contribution < -0.4 is 15.2 Å². The SMILES string of the molecule is C/C1=C2/C[C@H]2COc2cc(F)c(F)c3c2[C@H](c2ccccc2SC3)N2CN1C(=O)c1c(O)c(=O)ccn12. The van der Waals surface area contributed by atoms with E-state index in [1.807, 2.05) is 31.2 Å². The Morgan fingerprint density at radius 2 is 1.97 bits per heavy atom. The molecule has 1 amide bonds. The van der Waals surface area contributed by atoms with Crippen LogP contribution in [0.15, 0.2) is 63.6 Å². The molecular formula is C27H21F2N3O4S. The van der Waals surface area contributed by atoms with E-state index in [1.54, 1.807) is 9.91 Å². The Morgan fingerprint density at radius 1 is 1.16 bits per heavy atom. The number of amides is 1. The van der Waals surface area contributed by atoms with Crippen molar-refractivity contribution < 1.29 is 23.4 Å². The van der Waals surface area contributed by atoms with Crippen molar-refractivity contribution >= 4 is 17.7 Å². The van der Waals surface area contributed by atoms with Gasteiger partial charge in [-0.25, -0.2) is 8.78 Å². The van der Waals surface area contributed by atoms with Gasteiger partial charge in [-0.2, -0.15) is 0 Å². The number of fused-ring (bicyclic) bond motifs is 8. The van der Waals surface area contributed by atoms with Gasteiger partial charge in [-0.05, 0) is 30.5 Å². The first-order chi connectivity index (χ1) is 17.8. The van der Waals surface area contributed by atoms with E-state index in [9.17, 15) is 19.1 Å². The van der Waals surface area contributed by atoms with Crippen molar-refractivity contribution in [3.05, 3.63) is 98.1 Å². The van der Waals surface area contributed by atoms with Crippen LogP contribution in [-0.4, -0.2) is 33.9 Å². The Bertz CT molecular complexity index is 1620. The second-order valence-electron chi connectivity index (χ2n) is 9.65. The van der Waals surface area contributed by atoms with E-state index >= 15 is 4.39 Å². The molecular weight excluding hydrogens is 500 g/mol. The summed E-state index contributed by atoms with van der Waals surface area (Å²) in [6.45, 7) is 2.17. The molecule has 1 saturated carbocycles. The van der Waals surface area contributed by atoms with Gasteiger partial charge in [0, 0.05) is 51.7 Å². The maximum Gasteiger partial charge on any atom is 0.282 e. The number of allylic oxidation sites excluding steroid dienone is 1. The molecule has 0 saturated heterocycles. The highest BCUT2D eigenvalue weighted by atomic mass is 32.2. The van der Waals surface area contributed by atoms with Gasteiger partial charge in [-0.3, -0.25) is 24.2 Å². The molecule has 3 aliphatic heterocycles. The molecule has 188 valence electrons. The minimum absolute atomic E-state index is 0.0301. The summed E-state index contributed by atoms with van der Waals surface area (Å²) in [5.41, 5.74) is 2.38. The second-order valence-corrected chi connectivity index (χ2v) is 10.7. The number of nitrogens with zero attached hydrogens (tertiary/aromatic N) is 3. The second kappa shape index (κ2) is 7.85. The normalized spacial score (nSPS) is 23.6. The van der Waals surface area contributed by atoms with Crippen molar-refractivity contribution in [1.82, 2.24) is 9.58 Å². The van der Waals surface area contributed by atoms with Gasteiger partial charge in [0.2, 0.25) is 5.43 Å². The molecule has 1 N–H and O–H groups in total. The van der Waals surface area contributed by atoms with E-state index in [4.69, 9.17) is 4.74 Å². The standard InChI is InChI=1S/C27H21F2N3O4S/c1-13-16-8-14(16)10-36-20-9-18(28)23(29)17-11-37-21-5-3-2-4-15(21)24(22(17)20)32-12-30(13)27(35)25-26(34)19(33)6-7-31(25)32/h2-7,9,14,24,34H,8,10-12H2,1H3/b16-13+/t14-,24-/m0/s1. The third kappa shape index (κ3) is 3.18. The summed E-state index contributed by atoms with van der Waals surface area (Å²) < 4.78 is 37.9. The van der Waals surface area contributed by atoms with Crippen LogP contribution >= 0.6 is 11.8 Å². The fourth-order valence-corrected chi connectivity index (χ4v) is 6.76. The van der Waals surface area contributed by atoms with Crippen LogP contribution in [0.4, 0.5) is 8.78 Å². The van der Waals surface area contributed by atoms with Crippen LogP contribution in [-0.2, 0) is 5.75 Å². The Balaban J connectivity index is 1.59. The fraction of sp³-hybridized carbons (Fsp3) is 0.259. The number of aromatic hydroxyl groups is 1. The van der Waals surface area contributed by atoms with E-state index < -0.39 is 34.8 Å². The third-order valence-electron chi connectivity index (χ3n) is 7.65. The van der Waals surface area contributed by atoms with Crippen molar-refractivity contribution in [3.8, 4) is 11.5 Å². The number of pyridine rings is 1. The first-order valence-electron chi connectivity index (χ1n) is 11.9. The number of hydrogen-bond donors (Lipinski definition) is 1. The molecule has 2 aromatic carbocycles. The number of aromatic nitrogens is 1. The van der Waals surface area contributed by atoms with Crippen molar-refractivity contribution in [2.45, 2.75) is 30.0 Å². The predicted octanol–water partition coefficient (Wildman–Crippen LogP) is 4.27. The molecule has 1 aromatic heterocycles. The lowest BCUT2D eigenvalue weighted by Gasteiger charge is -2.44. The van der Waals surface area contributed by atoms with Gasteiger partial charge in [-0.15, -0.1) is 11.8 Å². The summed E-state index contributed by atoms with van der Waals surface area (Å²) in [7, 11) is 0. The Kier molecular flexibility index (Phi) is 4.76. The topological polar surface area (TPSA) is 75.0 Å². The lowest BCUT2D eigenvalue weighted by Crippen LogP contribution is -2.55. The molecule has 0 radical (unpaired) electrons. The minimum atomic E-state index is -0.978. The van der Waals surface area contributed by atoms with Gasteiger partial charge < -0.3 is 9.84 Å². The molecule has 2 bridgehead atoms. The monoisotopic (exact) mass is 521 g/mol. The van der Waals surface area contributed by atoms with Gasteiger partial charge in [0.1, 0.15) is 18.5 Å². The number of carbonyl (C=O) groups is 1. The van der Waals surface area contributed by atoms with Crippen molar-refractivity contribution in [1.29, 1.82) is 0 Å². The number of ether oxygens (including phenoxy) is 1. The fourth-order valence-electron chi connectivity index (χ4n) is 5.65. The molecule has 37 heavy (non-hydrogen) atoms. The van der Waals surface area contributed by atoms with Crippen LogP contribution in [0.5, 0.6) is 11.5 Å². The van der Waals surface area contributed by atoms with Crippen molar-refractivity contribution in [2.24, 2.45) is 5.92 Å². The molecule has 10 heteroatoms. The number of benzene rings is 2. The van der Waals surface area contributed by atoms with Gasteiger partial charge in [0.15, 0.2) is 23.1 Å². The Labute approximate surface area is 214 Å². The third-order valence-corrected chi connectivity index (χ3v) is 8.77. The molecule has 0 spiro atoms. The molecule has 1 aliphatic carbocycles. The lowest BCUT2D eigenvalue weighted by atomic mass is 9.92. The number of hydrogen-bond acceptors (Lipinski definition) is 6. The zero-order valence-electron chi connectivity index (χ0n) is 19.7. The Hall–Kier alpha value is -3.79. The van der Waals surface area contributed by atoms with Crippen molar-refractivity contribution in [2.75, 3.05) is 18.3 Å². The smallest absolute Gasteiger partial charge is 0.282 e. The molecule has 7 rings (SSSR count). The Morgan fingerprint density at radius 3 is 2.81 bits per heavy atom.